The number of carbonyl (C=O) groups excluding carboxylic acids is 1. The molecule has 1 atom stereocenters. The van der Waals surface area contributed by atoms with Crippen molar-refractivity contribution in [3.8, 4) is 0 Å². The molecule has 1 aliphatic rings. The quantitative estimate of drug-likeness (QED) is 0.643. The molecule has 1 amide bonds. The Bertz CT molecular complexity index is 1020. The Balaban J connectivity index is 1.80. The van der Waals surface area contributed by atoms with E-state index in [4.69, 9.17) is 11.6 Å². The fourth-order valence-electron chi connectivity index (χ4n) is 3.82. The highest BCUT2D eigenvalue weighted by molar-refractivity contribution is 7.92. The number of halogens is 2. The molecule has 0 radical (unpaired) electrons. The predicted molar refractivity (Wildman–Crippen MR) is 124 cm³/mol. The van der Waals surface area contributed by atoms with Gasteiger partial charge in [-0.2, -0.15) is 0 Å². The van der Waals surface area contributed by atoms with Crippen molar-refractivity contribution in [3.05, 3.63) is 53.3 Å². The van der Waals surface area contributed by atoms with Crippen LogP contribution in [0.1, 0.15) is 32.6 Å². The Hall–Kier alpha value is -2.32. The summed E-state index contributed by atoms with van der Waals surface area (Å²) in [5.74, 6) is -1.13. The number of rotatable bonds is 7. The highest BCUT2D eigenvalue weighted by Crippen LogP contribution is 2.28. The normalized spacial score (nSPS) is 15.4. The minimum absolute atomic E-state index is 0.136. The van der Waals surface area contributed by atoms with Crippen LogP contribution in [0.5, 0.6) is 0 Å². The minimum atomic E-state index is -3.83. The summed E-state index contributed by atoms with van der Waals surface area (Å²) in [6.45, 7) is 3.76. The second-order valence-electron chi connectivity index (χ2n) is 7.67. The number of piperidine rings is 1. The molecule has 2 aromatic carbocycles. The van der Waals surface area contributed by atoms with Gasteiger partial charge in [-0.25, -0.2) is 12.8 Å². The number of carbonyl (C=O) groups is 1. The van der Waals surface area contributed by atoms with E-state index in [2.05, 4.69) is 10.2 Å². The number of nitrogens with one attached hydrogen (secondary N) is 1. The Kier molecular flexibility index (Phi) is 7.43. The lowest BCUT2D eigenvalue weighted by atomic mass is 10.1. The van der Waals surface area contributed by atoms with Gasteiger partial charge in [-0.1, -0.05) is 18.5 Å². The summed E-state index contributed by atoms with van der Waals surface area (Å²) in [4.78, 5) is 15.3. The van der Waals surface area contributed by atoms with E-state index in [9.17, 15) is 17.6 Å². The molecule has 2 aromatic rings. The zero-order valence-corrected chi connectivity index (χ0v) is 19.2. The molecule has 1 heterocycles. The summed E-state index contributed by atoms with van der Waals surface area (Å²) < 4.78 is 39.6. The fraction of sp³-hybridized carbons (Fsp3) is 0.409. The van der Waals surface area contributed by atoms with Crippen molar-refractivity contribution in [2.45, 2.75) is 38.6 Å². The van der Waals surface area contributed by atoms with E-state index in [-0.39, 0.29) is 17.1 Å². The number of benzene rings is 2. The second-order valence-corrected chi connectivity index (χ2v) is 9.93. The predicted octanol–water partition coefficient (Wildman–Crippen LogP) is 4.65. The van der Waals surface area contributed by atoms with Gasteiger partial charge in [0.25, 0.3) is 0 Å². The summed E-state index contributed by atoms with van der Waals surface area (Å²) in [5, 5.41) is 2.59. The fourth-order valence-corrected chi connectivity index (χ4v) is 5.19. The van der Waals surface area contributed by atoms with Crippen molar-refractivity contribution in [2.75, 3.05) is 33.9 Å². The maximum absolute atomic E-state index is 13.6. The number of nitrogens with zero attached hydrogens (tertiary/aromatic N) is 2. The molecular weight excluding hydrogens is 441 g/mol. The van der Waals surface area contributed by atoms with Crippen LogP contribution in [0.4, 0.5) is 21.5 Å². The van der Waals surface area contributed by atoms with Crippen LogP contribution in [0.3, 0.4) is 0 Å². The highest BCUT2D eigenvalue weighted by Gasteiger charge is 2.32. The maximum atomic E-state index is 13.6. The van der Waals surface area contributed by atoms with Gasteiger partial charge >= 0.3 is 0 Å². The average Bonchev–Trinajstić information content (AvgIpc) is 2.74. The number of hydrogen-bond donors (Lipinski definition) is 1. The molecule has 6 nitrogen and oxygen atoms in total. The number of anilines is 3. The van der Waals surface area contributed by atoms with Crippen molar-refractivity contribution in [3.63, 3.8) is 0 Å². The minimum Gasteiger partial charge on any atom is -0.372 e. The van der Waals surface area contributed by atoms with Gasteiger partial charge in [0.2, 0.25) is 15.9 Å². The zero-order valence-electron chi connectivity index (χ0n) is 17.6. The van der Waals surface area contributed by atoms with E-state index in [1.54, 1.807) is 6.92 Å². The summed E-state index contributed by atoms with van der Waals surface area (Å²) in [7, 11) is -3.83. The van der Waals surface area contributed by atoms with Gasteiger partial charge in [0.05, 0.1) is 17.0 Å². The third-order valence-corrected chi connectivity index (χ3v) is 6.81. The van der Waals surface area contributed by atoms with Crippen LogP contribution in [0.25, 0.3) is 0 Å². The Morgan fingerprint density at radius 2 is 1.81 bits per heavy atom. The molecular formula is C22H27ClFN3O3S. The Morgan fingerprint density at radius 3 is 2.35 bits per heavy atom. The molecule has 1 fully saturated rings. The molecule has 0 saturated carbocycles. The molecule has 1 saturated heterocycles. The maximum Gasteiger partial charge on any atom is 0.248 e. The van der Waals surface area contributed by atoms with Crippen LogP contribution in [0.2, 0.25) is 5.02 Å². The van der Waals surface area contributed by atoms with Crippen LogP contribution in [0, 0.1) is 5.82 Å². The number of sulfonamides is 1. The smallest absolute Gasteiger partial charge is 0.248 e. The standard InChI is InChI=1S/C22H27ClFN3O3S/c1-3-21(27(31(2,29)30)18-11-12-20(24)19(23)15-18)22(28)25-16-7-9-17(10-8-16)26-13-5-4-6-14-26/h7-12,15,21H,3-6,13-14H2,1-2H3,(H,25,28)/t21-/m1/s1. The molecule has 31 heavy (non-hydrogen) atoms. The van der Waals surface area contributed by atoms with E-state index in [1.807, 2.05) is 24.3 Å². The second kappa shape index (κ2) is 9.87. The van der Waals surface area contributed by atoms with Crippen LogP contribution in [-0.2, 0) is 14.8 Å². The molecule has 3 rings (SSSR count). The summed E-state index contributed by atoms with van der Waals surface area (Å²) >= 11 is 5.84. The zero-order chi connectivity index (χ0) is 22.6. The lowest BCUT2D eigenvalue weighted by Gasteiger charge is -2.30. The first-order valence-electron chi connectivity index (χ1n) is 10.3. The lowest BCUT2D eigenvalue weighted by molar-refractivity contribution is -0.117. The van der Waals surface area contributed by atoms with Crippen molar-refractivity contribution < 1.29 is 17.6 Å². The molecule has 0 spiro atoms. The molecule has 0 bridgehead atoms. The van der Waals surface area contributed by atoms with Crippen molar-refractivity contribution in [1.29, 1.82) is 0 Å². The van der Waals surface area contributed by atoms with Crippen molar-refractivity contribution in [1.82, 2.24) is 0 Å². The topological polar surface area (TPSA) is 69.7 Å². The largest absolute Gasteiger partial charge is 0.372 e. The van der Waals surface area contributed by atoms with Gasteiger partial charge in [-0.15, -0.1) is 0 Å². The molecule has 168 valence electrons. The van der Waals surface area contributed by atoms with E-state index in [0.717, 1.165) is 35.4 Å². The number of amides is 1. The van der Waals surface area contributed by atoms with Gasteiger partial charge in [0, 0.05) is 24.5 Å². The molecule has 0 aromatic heterocycles. The summed E-state index contributed by atoms with van der Waals surface area (Å²) in [6, 6.07) is 10.1. The molecule has 1 aliphatic heterocycles. The lowest BCUT2D eigenvalue weighted by Crippen LogP contribution is -2.47. The van der Waals surface area contributed by atoms with Gasteiger partial charge in [-0.3, -0.25) is 9.10 Å². The van der Waals surface area contributed by atoms with Crippen LogP contribution >= 0.6 is 11.6 Å². The van der Waals surface area contributed by atoms with E-state index in [0.29, 0.717) is 5.69 Å². The molecule has 0 aliphatic carbocycles. The SMILES string of the molecule is CC[C@H](C(=O)Nc1ccc(N2CCCCC2)cc1)N(c1ccc(F)c(Cl)c1)S(C)(=O)=O. The van der Waals surface area contributed by atoms with Gasteiger partial charge in [0.1, 0.15) is 11.9 Å². The Labute approximate surface area is 188 Å². The van der Waals surface area contributed by atoms with E-state index >= 15 is 0 Å². The van der Waals surface area contributed by atoms with Gasteiger partial charge < -0.3 is 10.2 Å². The summed E-state index contributed by atoms with van der Waals surface area (Å²) in [5.41, 5.74) is 1.81. The third kappa shape index (κ3) is 5.68. The first kappa shape index (κ1) is 23.3. The summed E-state index contributed by atoms with van der Waals surface area (Å²) in [6.07, 6.45) is 4.82. The van der Waals surface area contributed by atoms with Crippen molar-refractivity contribution in [2.24, 2.45) is 0 Å². The van der Waals surface area contributed by atoms with Crippen molar-refractivity contribution >= 4 is 44.6 Å². The van der Waals surface area contributed by atoms with Gasteiger partial charge in [0.15, 0.2) is 0 Å². The van der Waals surface area contributed by atoms with E-state index in [1.165, 1.54) is 31.4 Å². The number of hydrogen-bond acceptors (Lipinski definition) is 4. The van der Waals surface area contributed by atoms with Crippen LogP contribution in [-0.4, -0.2) is 39.7 Å². The van der Waals surface area contributed by atoms with E-state index < -0.39 is 27.8 Å². The first-order chi connectivity index (χ1) is 14.7. The molecule has 0 unspecified atom stereocenters. The van der Waals surface area contributed by atoms with Gasteiger partial charge in [-0.05, 0) is 68.1 Å². The molecule has 9 heteroatoms. The Morgan fingerprint density at radius 1 is 1.16 bits per heavy atom. The monoisotopic (exact) mass is 467 g/mol. The highest BCUT2D eigenvalue weighted by atomic mass is 35.5. The molecule has 1 N–H and O–H groups in total. The third-order valence-electron chi connectivity index (χ3n) is 5.34. The first-order valence-corrected chi connectivity index (χ1v) is 12.5. The average molecular weight is 468 g/mol. The van der Waals surface area contributed by atoms with Crippen LogP contribution < -0.4 is 14.5 Å². The van der Waals surface area contributed by atoms with Crippen LogP contribution in [0.15, 0.2) is 42.5 Å².